The highest BCUT2D eigenvalue weighted by atomic mass is 16.5. The van der Waals surface area contributed by atoms with E-state index >= 15 is 0 Å². The Hall–Kier alpha value is -0.610. The van der Waals surface area contributed by atoms with Crippen LogP contribution in [0.25, 0.3) is 0 Å². The summed E-state index contributed by atoms with van der Waals surface area (Å²) in [6.45, 7) is 1.85. The Morgan fingerprint density at radius 2 is 2.29 bits per heavy atom. The van der Waals surface area contributed by atoms with Crippen molar-refractivity contribution < 1.29 is 9.53 Å². The van der Waals surface area contributed by atoms with E-state index in [1.54, 1.807) is 26.1 Å². The monoisotopic (exact) mass is 200 g/mol. The molecule has 0 aromatic heterocycles. The van der Waals surface area contributed by atoms with Gasteiger partial charge in [-0.3, -0.25) is 4.79 Å². The Kier molecular flexibility index (Phi) is 4.35. The third-order valence-electron chi connectivity index (χ3n) is 2.80. The van der Waals surface area contributed by atoms with Gasteiger partial charge in [-0.15, -0.1) is 0 Å². The predicted molar refractivity (Wildman–Crippen MR) is 55.1 cm³/mol. The zero-order chi connectivity index (χ0) is 10.6. The number of methoxy groups -OCH3 is 1. The summed E-state index contributed by atoms with van der Waals surface area (Å²) in [7, 11) is 5.31. The molecular formula is C10H20N2O2. The highest BCUT2D eigenvalue weighted by Crippen LogP contribution is 2.19. The van der Waals surface area contributed by atoms with Crippen LogP contribution in [0.3, 0.4) is 0 Å². The minimum Gasteiger partial charge on any atom is -0.380 e. The lowest BCUT2D eigenvalue weighted by atomic mass is 9.91. The fourth-order valence-electron chi connectivity index (χ4n) is 1.80. The van der Waals surface area contributed by atoms with Gasteiger partial charge in [0.2, 0.25) is 5.91 Å². The van der Waals surface area contributed by atoms with Crippen molar-refractivity contribution in [2.45, 2.75) is 18.9 Å². The van der Waals surface area contributed by atoms with Gasteiger partial charge in [-0.05, 0) is 18.9 Å². The average molecular weight is 200 g/mol. The van der Waals surface area contributed by atoms with Crippen molar-refractivity contribution in [2.24, 2.45) is 5.92 Å². The van der Waals surface area contributed by atoms with E-state index in [4.69, 9.17) is 4.74 Å². The maximum atomic E-state index is 11.5. The van der Waals surface area contributed by atoms with Crippen molar-refractivity contribution in [3.8, 4) is 0 Å². The van der Waals surface area contributed by atoms with Gasteiger partial charge in [0.15, 0.2) is 0 Å². The van der Waals surface area contributed by atoms with Gasteiger partial charge in [0.25, 0.3) is 0 Å². The summed E-state index contributed by atoms with van der Waals surface area (Å²) >= 11 is 0. The first-order valence-electron chi connectivity index (χ1n) is 5.08. The van der Waals surface area contributed by atoms with Crippen molar-refractivity contribution in [3.63, 3.8) is 0 Å². The minimum atomic E-state index is 0.188. The van der Waals surface area contributed by atoms with Gasteiger partial charge in [0, 0.05) is 34.2 Å². The fourth-order valence-corrected chi connectivity index (χ4v) is 1.80. The summed E-state index contributed by atoms with van der Waals surface area (Å²) in [6.07, 6.45) is 1.82. The van der Waals surface area contributed by atoms with Crippen LogP contribution in [0.15, 0.2) is 0 Å². The number of amides is 1. The molecule has 1 amide bonds. The molecule has 1 aliphatic heterocycles. The third kappa shape index (κ3) is 2.96. The maximum Gasteiger partial charge on any atom is 0.222 e. The molecule has 1 N–H and O–H groups in total. The van der Waals surface area contributed by atoms with Gasteiger partial charge in [0.05, 0.1) is 6.10 Å². The van der Waals surface area contributed by atoms with E-state index < -0.39 is 0 Å². The summed E-state index contributed by atoms with van der Waals surface area (Å²) < 4.78 is 5.35. The van der Waals surface area contributed by atoms with Gasteiger partial charge in [-0.1, -0.05) is 0 Å². The first-order chi connectivity index (χ1) is 6.65. The van der Waals surface area contributed by atoms with Crippen LogP contribution in [-0.2, 0) is 9.53 Å². The summed E-state index contributed by atoms with van der Waals surface area (Å²) in [5, 5.41) is 3.27. The Labute approximate surface area is 85.6 Å². The topological polar surface area (TPSA) is 41.6 Å². The number of carbonyl (C=O) groups is 1. The van der Waals surface area contributed by atoms with Crippen LogP contribution in [0.5, 0.6) is 0 Å². The first kappa shape index (κ1) is 11.5. The Bertz CT molecular complexity index is 195. The minimum absolute atomic E-state index is 0.188. The number of nitrogens with zero attached hydrogens (tertiary/aromatic N) is 1. The highest BCUT2D eigenvalue weighted by molar-refractivity contribution is 5.75. The van der Waals surface area contributed by atoms with E-state index in [1.807, 2.05) is 0 Å². The third-order valence-corrected chi connectivity index (χ3v) is 2.80. The lowest BCUT2D eigenvalue weighted by Gasteiger charge is -2.31. The molecule has 4 heteroatoms. The summed E-state index contributed by atoms with van der Waals surface area (Å²) in [5.74, 6) is 0.565. The van der Waals surface area contributed by atoms with Crippen LogP contribution in [-0.4, -0.2) is 51.2 Å². The van der Waals surface area contributed by atoms with Crippen molar-refractivity contribution in [1.29, 1.82) is 0 Å². The number of piperidine rings is 1. The molecule has 1 heterocycles. The summed E-state index contributed by atoms with van der Waals surface area (Å²) in [5.41, 5.74) is 0. The van der Waals surface area contributed by atoms with Crippen molar-refractivity contribution in [1.82, 2.24) is 10.2 Å². The predicted octanol–water partition coefficient (Wildman–Crippen LogP) is 0.0892. The Morgan fingerprint density at radius 1 is 1.57 bits per heavy atom. The average Bonchev–Trinajstić information content (AvgIpc) is 2.18. The Balaban J connectivity index is 2.44. The van der Waals surface area contributed by atoms with Gasteiger partial charge in [-0.25, -0.2) is 0 Å². The second-order valence-corrected chi connectivity index (χ2v) is 4.02. The van der Waals surface area contributed by atoms with E-state index in [2.05, 4.69) is 5.32 Å². The molecule has 1 rings (SSSR count). The molecule has 82 valence electrons. The quantitative estimate of drug-likeness (QED) is 0.702. The zero-order valence-electron chi connectivity index (χ0n) is 9.25. The van der Waals surface area contributed by atoms with Crippen LogP contribution in [0.2, 0.25) is 0 Å². The van der Waals surface area contributed by atoms with Crippen molar-refractivity contribution in [2.75, 3.05) is 34.3 Å². The molecule has 0 saturated carbocycles. The van der Waals surface area contributed by atoms with Crippen LogP contribution < -0.4 is 5.32 Å². The Morgan fingerprint density at radius 3 is 2.86 bits per heavy atom. The number of hydrogen-bond acceptors (Lipinski definition) is 3. The molecular weight excluding hydrogens is 180 g/mol. The molecule has 1 aliphatic rings. The lowest BCUT2D eigenvalue weighted by molar-refractivity contribution is -0.131. The van der Waals surface area contributed by atoms with E-state index in [0.29, 0.717) is 12.3 Å². The van der Waals surface area contributed by atoms with Gasteiger partial charge in [-0.2, -0.15) is 0 Å². The molecule has 0 aromatic rings. The second-order valence-electron chi connectivity index (χ2n) is 4.02. The van der Waals surface area contributed by atoms with Gasteiger partial charge >= 0.3 is 0 Å². The molecule has 0 radical (unpaired) electrons. The standard InChI is InChI=1S/C10H20N2O2/c1-12(2)10(13)6-8-4-5-11-7-9(8)14-3/h8-9,11H,4-7H2,1-3H3. The van der Waals surface area contributed by atoms with E-state index in [9.17, 15) is 4.79 Å². The normalized spacial score (nSPS) is 27.4. The number of carbonyl (C=O) groups excluding carboxylic acids is 1. The molecule has 0 aliphatic carbocycles. The molecule has 0 spiro atoms. The van der Waals surface area contributed by atoms with Gasteiger partial charge < -0.3 is 15.0 Å². The largest absolute Gasteiger partial charge is 0.380 e. The summed E-state index contributed by atoms with van der Waals surface area (Å²) in [6, 6.07) is 0. The van der Waals surface area contributed by atoms with Gasteiger partial charge in [0.1, 0.15) is 0 Å². The molecule has 14 heavy (non-hydrogen) atoms. The van der Waals surface area contributed by atoms with E-state index in [0.717, 1.165) is 19.5 Å². The molecule has 2 unspecified atom stereocenters. The SMILES string of the molecule is COC1CNCCC1CC(=O)N(C)C. The molecule has 4 nitrogen and oxygen atoms in total. The number of rotatable bonds is 3. The smallest absolute Gasteiger partial charge is 0.222 e. The molecule has 1 saturated heterocycles. The molecule has 0 bridgehead atoms. The van der Waals surface area contributed by atoms with Crippen LogP contribution in [0.4, 0.5) is 0 Å². The second kappa shape index (κ2) is 5.32. The van der Waals surface area contributed by atoms with Crippen LogP contribution in [0.1, 0.15) is 12.8 Å². The molecule has 0 aromatic carbocycles. The lowest BCUT2D eigenvalue weighted by Crippen LogP contribution is -2.43. The highest BCUT2D eigenvalue weighted by Gasteiger charge is 2.27. The first-order valence-corrected chi connectivity index (χ1v) is 5.08. The summed E-state index contributed by atoms with van der Waals surface area (Å²) in [4.78, 5) is 13.2. The zero-order valence-corrected chi connectivity index (χ0v) is 9.25. The van der Waals surface area contributed by atoms with Crippen molar-refractivity contribution in [3.05, 3.63) is 0 Å². The number of hydrogen-bond donors (Lipinski definition) is 1. The maximum absolute atomic E-state index is 11.5. The molecule has 1 fully saturated rings. The van der Waals surface area contributed by atoms with Crippen LogP contribution >= 0.6 is 0 Å². The van der Waals surface area contributed by atoms with E-state index in [-0.39, 0.29) is 12.0 Å². The fraction of sp³-hybridized carbons (Fsp3) is 0.900. The van der Waals surface area contributed by atoms with Crippen molar-refractivity contribution >= 4 is 5.91 Å². The number of ether oxygens (including phenoxy) is 1. The van der Waals surface area contributed by atoms with E-state index in [1.165, 1.54) is 0 Å². The number of nitrogens with one attached hydrogen (secondary N) is 1. The molecule has 2 atom stereocenters. The van der Waals surface area contributed by atoms with Crippen LogP contribution in [0, 0.1) is 5.92 Å².